The number of methoxy groups -OCH3 is 2. The molecule has 2 N–H and O–H groups in total. The first-order valence-corrected chi connectivity index (χ1v) is 6.57. The van der Waals surface area contributed by atoms with Crippen molar-refractivity contribution in [2.75, 3.05) is 20.0 Å². The summed E-state index contributed by atoms with van der Waals surface area (Å²) in [4.78, 5) is 0. The van der Waals surface area contributed by atoms with E-state index in [4.69, 9.17) is 19.7 Å². The molecule has 19 heavy (non-hydrogen) atoms. The van der Waals surface area contributed by atoms with Crippen LogP contribution in [0.1, 0.15) is 12.5 Å². The van der Waals surface area contributed by atoms with E-state index >= 15 is 0 Å². The third kappa shape index (κ3) is 2.40. The molecule has 0 amide bonds. The normalized spacial score (nSPS) is 10.5. The number of nitrogens with two attached hydrogens (primary N) is 1. The molecule has 1 aromatic carbocycles. The summed E-state index contributed by atoms with van der Waals surface area (Å²) in [5.74, 6) is 2.29. The van der Waals surface area contributed by atoms with Gasteiger partial charge in [-0.15, -0.1) is 0 Å². The van der Waals surface area contributed by atoms with Crippen LogP contribution >= 0.6 is 15.9 Å². The summed E-state index contributed by atoms with van der Waals surface area (Å²) in [7, 11) is 3.22. The van der Waals surface area contributed by atoms with Gasteiger partial charge in [-0.25, -0.2) is 0 Å². The summed E-state index contributed by atoms with van der Waals surface area (Å²) in [6.07, 6.45) is 0.822. The minimum absolute atomic E-state index is 0.335. The summed E-state index contributed by atoms with van der Waals surface area (Å²) < 4.78 is 16.8. The van der Waals surface area contributed by atoms with Gasteiger partial charge in [0, 0.05) is 6.07 Å². The van der Waals surface area contributed by atoms with Gasteiger partial charge < -0.3 is 19.7 Å². The topological polar surface area (TPSA) is 70.5 Å². The van der Waals surface area contributed by atoms with E-state index in [0.717, 1.165) is 27.8 Å². The van der Waals surface area contributed by atoms with Gasteiger partial charge in [0.15, 0.2) is 11.6 Å². The number of halogens is 1. The lowest BCUT2D eigenvalue weighted by Crippen LogP contribution is -1.97. The van der Waals surface area contributed by atoms with E-state index < -0.39 is 0 Å². The van der Waals surface area contributed by atoms with E-state index in [0.29, 0.717) is 17.3 Å². The Kier molecular flexibility index (Phi) is 3.99. The number of rotatable bonds is 4. The fourth-order valence-electron chi connectivity index (χ4n) is 1.95. The monoisotopic (exact) mass is 326 g/mol. The molecule has 102 valence electrons. The lowest BCUT2D eigenvalue weighted by atomic mass is 10.0. The summed E-state index contributed by atoms with van der Waals surface area (Å²) >= 11 is 3.50. The number of hydrogen-bond donors (Lipinski definition) is 1. The van der Waals surface area contributed by atoms with Gasteiger partial charge in [0.05, 0.1) is 19.8 Å². The van der Waals surface area contributed by atoms with Crippen LogP contribution in [0.3, 0.4) is 0 Å². The zero-order valence-corrected chi connectivity index (χ0v) is 12.6. The van der Waals surface area contributed by atoms with Crippen molar-refractivity contribution in [3.05, 3.63) is 22.2 Å². The predicted molar refractivity (Wildman–Crippen MR) is 76.5 cm³/mol. The van der Waals surface area contributed by atoms with Crippen molar-refractivity contribution in [1.82, 2.24) is 5.16 Å². The molecule has 0 aliphatic heterocycles. The van der Waals surface area contributed by atoms with E-state index in [1.54, 1.807) is 20.3 Å². The molecule has 0 bridgehead atoms. The second kappa shape index (κ2) is 5.52. The van der Waals surface area contributed by atoms with Crippen LogP contribution in [0.4, 0.5) is 5.82 Å². The number of benzene rings is 1. The Labute approximate surface area is 119 Å². The van der Waals surface area contributed by atoms with Gasteiger partial charge in [-0.3, -0.25) is 0 Å². The number of hydrogen-bond acceptors (Lipinski definition) is 5. The molecule has 0 saturated heterocycles. The van der Waals surface area contributed by atoms with Crippen LogP contribution in [-0.4, -0.2) is 19.4 Å². The van der Waals surface area contributed by atoms with Crippen LogP contribution in [-0.2, 0) is 6.42 Å². The Balaban J connectivity index is 2.69. The van der Waals surface area contributed by atoms with Crippen LogP contribution < -0.4 is 15.2 Å². The zero-order valence-electron chi connectivity index (χ0n) is 11.0. The maximum absolute atomic E-state index is 5.59. The Morgan fingerprint density at radius 2 is 1.95 bits per heavy atom. The van der Waals surface area contributed by atoms with Gasteiger partial charge in [0.1, 0.15) is 16.0 Å². The molecule has 2 rings (SSSR count). The van der Waals surface area contributed by atoms with Crippen LogP contribution in [0.15, 0.2) is 21.1 Å². The van der Waals surface area contributed by atoms with Crippen molar-refractivity contribution in [1.29, 1.82) is 0 Å². The van der Waals surface area contributed by atoms with Crippen molar-refractivity contribution in [3.63, 3.8) is 0 Å². The molecule has 0 saturated carbocycles. The van der Waals surface area contributed by atoms with Crippen LogP contribution in [0.5, 0.6) is 11.5 Å². The van der Waals surface area contributed by atoms with Crippen LogP contribution in [0.25, 0.3) is 11.3 Å². The van der Waals surface area contributed by atoms with Crippen LogP contribution in [0, 0.1) is 0 Å². The van der Waals surface area contributed by atoms with Gasteiger partial charge >= 0.3 is 0 Å². The van der Waals surface area contributed by atoms with E-state index in [-0.39, 0.29) is 0 Å². The number of anilines is 1. The molecule has 0 radical (unpaired) electrons. The van der Waals surface area contributed by atoms with E-state index in [1.165, 1.54) is 0 Å². The highest BCUT2D eigenvalue weighted by molar-refractivity contribution is 9.10. The molecule has 0 aliphatic rings. The minimum atomic E-state index is 0.335. The van der Waals surface area contributed by atoms with Crippen molar-refractivity contribution in [2.45, 2.75) is 13.3 Å². The fourth-order valence-corrected chi connectivity index (χ4v) is 2.74. The quantitative estimate of drug-likeness (QED) is 0.933. The molecule has 0 fully saturated rings. The molecular formula is C13H15BrN2O3. The molecule has 5 nitrogen and oxygen atoms in total. The van der Waals surface area contributed by atoms with Gasteiger partial charge in [-0.2, -0.15) is 0 Å². The summed E-state index contributed by atoms with van der Waals surface area (Å²) in [5.41, 5.74) is 7.42. The maximum atomic E-state index is 5.59. The number of nitrogens with zero attached hydrogens (tertiary/aromatic N) is 1. The summed E-state index contributed by atoms with van der Waals surface area (Å²) in [5, 5.41) is 3.70. The van der Waals surface area contributed by atoms with E-state index in [1.807, 2.05) is 6.07 Å². The standard InChI is InChI=1S/C13H15BrN2O3/c1-4-7-5-8(9-6-10(15)16-19-9)13(18-3)11(14)12(7)17-2/h5-6H,4H2,1-3H3,(H2,15,16). The molecule has 0 unspecified atom stereocenters. The van der Waals surface area contributed by atoms with Crippen molar-refractivity contribution in [2.24, 2.45) is 0 Å². The second-order valence-corrected chi connectivity index (χ2v) is 4.73. The van der Waals surface area contributed by atoms with Crippen molar-refractivity contribution >= 4 is 21.7 Å². The van der Waals surface area contributed by atoms with Gasteiger partial charge in [0.2, 0.25) is 0 Å². The molecular weight excluding hydrogens is 312 g/mol. The molecule has 1 heterocycles. The number of ether oxygens (including phenoxy) is 2. The first-order chi connectivity index (χ1) is 9.12. The Morgan fingerprint density at radius 3 is 2.42 bits per heavy atom. The second-order valence-electron chi connectivity index (χ2n) is 3.93. The fraction of sp³-hybridized carbons (Fsp3) is 0.308. The molecule has 2 aromatic rings. The average Bonchev–Trinajstić information content (AvgIpc) is 2.84. The Morgan fingerprint density at radius 1 is 1.26 bits per heavy atom. The SMILES string of the molecule is CCc1cc(-c2cc(N)no2)c(OC)c(Br)c1OC. The smallest absolute Gasteiger partial charge is 0.172 e. The van der Waals surface area contributed by atoms with Gasteiger partial charge in [0.25, 0.3) is 0 Å². The van der Waals surface area contributed by atoms with E-state index in [9.17, 15) is 0 Å². The first-order valence-electron chi connectivity index (χ1n) is 5.78. The maximum Gasteiger partial charge on any atom is 0.172 e. The van der Waals surface area contributed by atoms with E-state index in [2.05, 4.69) is 28.0 Å². The van der Waals surface area contributed by atoms with Crippen LogP contribution in [0.2, 0.25) is 0 Å². The summed E-state index contributed by atoms with van der Waals surface area (Å²) in [6, 6.07) is 3.62. The van der Waals surface area contributed by atoms with Gasteiger partial charge in [-0.05, 0) is 34.0 Å². The summed E-state index contributed by atoms with van der Waals surface area (Å²) in [6.45, 7) is 2.05. The number of aromatic nitrogens is 1. The third-order valence-corrected chi connectivity index (χ3v) is 3.56. The predicted octanol–water partition coefficient (Wildman–Crippen LogP) is 3.27. The highest BCUT2D eigenvalue weighted by Crippen LogP contribution is 2.44. The number of nitrogen functional groups attached to an aromatic ring is 1. The first kappa shape index (κ1) is 13.7. The minimum Gasteiger partial charge on any atom is -0.495 e. The molecule has 6 heteroatoms. The molecule has 0 atom stereocenters. The Hall–Kier alpha value is -1.69. The van der Waals surface area contributed by atoms with Crippen molar-refractivity contribution in [3.8, 4) is 22.8 Å². The molecule has 0 spiro atoms. The highest BCUT2D eigenvalue weighted by atomic mass is 79.9. The zero-order chi connectivity index (χ0) is 14.0. The molecule has 0 aliphatic carbocycles. The van der Waals surface area contributed by atoms with Gasteiger partial charge in [-0.1, -0.05) is 12.1 Å². The highest BCUT2D eigenvalue weighted by Gasteiger charge is 2.20. The molecule has 1 aromatic heterocycles. The average molecular weight is 327 g/mol. The largest absolute Gasteiger partial charge is 0.495 e. The van der Waals surface area contributed by atoms with Crippen molar-refractivity contribution < 1.29 is 14.0 Å². The Bertz CT molecular complexity index is 596. The lowest BCUT2D eigenvalue weighted by Gasteiger charge is -2.15. The lowest BCUT2D eigenvalue weighted by molar-refractivity contribution is 0.384. The number of aryl methyl sites for hydroxylation is 1. The third-order valence-electron chi connectivity index (χ3n) is 2.84.